The van der Waals surface area contributed by atoms with Gasteiger partial charge in [-0.05, 0) is 60.6 Å². The number of carbonyl (C=O) groups is 2. The monoisotopic (exact) mass is 637 g/mol. The number of hydrogen-bond acceptors (Lipinski definition) is 9. The molecule has 2 unspecified atom stereocenters. The summed E-state index contributed by atoms with van der Waals surface area (Å²) in [6.07, 6.45) is 3.59. The molecule has 1 aromatic heterocycles. The number of hydrogen-bond donors (Lipinski definition) is 3. The summed E-state index contributed by atoms with van der Waals surface area (Å²) in [5, 5.41) is 6.40. The Labute approximate surface area is 257 Å². The van der Waals surface area contributed by atoms with Crippen molar-refractivity contribution in [3.05, 3.63) is 83.2 Å². The predicted molar refractivity (Wildman–Crippen MR) is 169 cm³/mol. The van der Waals surface area contributed by atoms with Crippen molar-refractivity contribution in [2.75, 3.05) is 16.3 Å². The fourth-order valence-corrected chi connectivity index (χ4v) is 7.33. The zero-order valence-corrected chi connectivity index (χ0v) is 26.8. The van der Waals surface area contributed by atoms with Crippen molar-refractivity contribution < 1.29 is 26.4 Å². The van der Waals surface area contributed by atoms with Crippen LogP contribution in [0.25, 0.3) is 0 Å². The maximum Gasteiger partial charge on any atom is 0.286 e. The highest BCUT2D eigenvalue weighted by Crippen LogP contribution is 2.43. The molecule has 13 heteroatoms. The number of sulfonamides is 2. The number of aryl methyl sites for hydroxylation is 1. The maximum atomic E-state index is 14.8. The Morgan fingerprint density at radius 2 is 1.77 bits per heavy atom. The summed E-state index contributed by atoms with van der Waals surface area (Å²) in [6, 6.07) is 14.5. The number of nitrogens with one attached hydrogen (secondary N) is 3. The largest absolute Gasteiger partial charge is 0.341 e. The van der Waals surface area contributed by atoms with Gasteiger partial charge >= 0.3 is 0 Å². The molecule has 0 saturated carbocycles. The molecule has 44 heavy (non-hydrogen) atoms. The van der Waals surface area contributed by atoms with Gasteiger partial charge < -0.3 is 5.32 Å². The van der Waals surface area contributed by atoms with Gasteiger partial charge in [-0.25, -0.2) is 8.42 Å². The van der Waals surface area contributed by atoms with Crippen LogP contribution in [0.2, 0.25) is 0 Å². The number of amidine groups is 1. The number of aromatic nitrogens is 1. The van der Waals surface area contributed by atoms with Crippen LogP contribution in [0, 0.1) is 18.3 Å². The molecule has 3 N–H and O–H groups in total. The van der Waals surface area contributed by atoms with E-state index in [0.717, 1.165) is 23.6 Å². The van der Waals surface area contributed by atoms with Gasteiger partial charge in [-0.1, -0.05) is 51.1 Å². The van der Waals surface area contributed by atoms with Gasteiger partial charge in [-0.2, -0.15) is 8.42 Å². The van der Waals surface area contributed by atoms with Crippen LogP contribution in [0.1, 0.15) is 60.8 Å². The van der Waals surface area contributed by atoms with Gasteiger partial charge in [0.25, 0.3) is 10.0 Å². The first kappa shape index (κ1) is 31.5. The van der Waals surface area contributed by atoms with Gasteiger partial charge in [0, 0.05) is 29.7 Å². The van der Waals surface area contributed by atoms with Crippen LogP contribution < -0.4 is 15.4 Å². The van der Waals surface area contributed by atoms with Crippen molar-refractivity contribution >= 4 is 48.8 Å². The van der Waals surface area contributed by atoms with E-state index in [9.17, 15) is 26.4 Å². The maximum absolute atomic E-state index is 14.8. The minimum absolute atomic E-state index is 0.0325. The van der Waals surface area contributed by atoms with Gasteiger partial charge in [0.2, 0.25) is 10.0 Å². The second kappa shape index (κ2) is 11.2. The number of pyridine rings is 1. The van der Waals surface area contributed by atoms with E-state index in [4.69, 9.17) is 0 Å². The number of benzene rings is 2. The zero-order chi connectivity index (χ0) is 32.1. The van der Waals surface area contributed by atoms with Crippen molar-refractivity contribution in [3.63, 3.8) is 0 Å². The Hall–Kier alpha value is -3.94. The van der Waals surface area contributed by atoms with E-state index in [2.05, 4.69) is 45.5 Å². The molecule has 0 saturated heterocycles. The van der Waals surface area contributed by atoms with Gasteiger partial charge in [0.05, 0.1) is 11.9 Å². The van der Waals surface area contributed by atoms with E-state index >= 15 is 0 Å². The Balaban J connectivity index is 1.62. The van der Waals surface area contributed by atoms with Crippen LogP contribution in [-0.4, -0.2) is 45.5 Å². The lowest BCUT2D eigenvalue weighted by Gasteiger charge is -2.43. The molecule has 232 valence electrons. The summed E-state index contributed by atoms with van der Waals surface area (Å²) < 4.78 is 56.4. The molecular formula is C31H35N5O6S2. The van der Waals surface area contributed by atoms with Crippen molar-refractivity contribution in [2.45, 2.75) is 57.5 Å². The molecule has 0 spiro atoms. The molecule has 2 heterocycles. The van der Waals surface area contributed by atoms with E-state index < -0.39 is 43.1 Å². The Morgan fingerprint density at radius 3 is 2.45 bits per heavy atom. The molecule has 1 aliphatic carbocycles. The molecule has 3 aromatic rings. The lowest BCUT2D eigenvalue weighted by Crippen LogP contribution is -2.59. The predicted octanol–water partition coefficient (Wildman–Crippen LogP) is 4.17. The van der Waals surface area contributed by atoms with Crippen molar-refractivity contribution in [2.24, 2.45) is 15.7 Å². The average molecular weight is 638 g/mol. The number of Topliss-reactive ketones (excluding diaryl/α,β-unsaturated/α-hetero) is 2. The van der Waals surface area contributed by atoms with Crippen LogP contribution in [0.3, 0.4) is 0 Å². The first-order chi connectivity index (χ1) is 20.5. The van der Waals surface area contributed by atoms with Gasteiger partial charge in [0.15, 0.2) is 11.6 Å². The SMILES string of the molecule is Cc1ncccc1CNC1(CCC(C)(C)C)C(=O)C(C2=NS(=O)(=O)c3cc(NS(C)(=O)=O)ccc3N2)C(=O)c2ccccc21. The van der Waals surface area contributed by atoms with E-state index in [1.165, 1.54) is 12.1 Å². The van der Waals surface area contributed by atoms with E-state index in [0.29, 0.717) is 24.0 Å². The highest BCUT2D eigenvalue weighted by molar-refractivity contribution is 7.92. The van der Waals surface area contributed by atoms with Gasteiger partial charge in [0.1, 0.15) is 22.2 Å². The fourth-order valence-electron chi connectivity index (χ4n) is 5.59. The minimum atomic E-state index is -4.42. The summed E-state index contributed by atoms with van der Waals surface area (Å²) in [4.78, 5) is 32.9. The van der Waals surface area contributed by atoms with E-state index in [1.807, 2.05) is 19.1 Å². The van der Waals surface area contributed by atoms with Gasteiger partial charge in [-0.15, -0.1) is 4.40 Å². The molecule has 11 nitrogen and oxygen atoms in total. The highest BCUT2D eigenvalue weighted by atomic mass is 32.2. The third-order valence-corrected chi connectivity index (χ3v) is 9.80. The molecule has 0 amide bonds. The van der Waals surface area contributed by atoms with Crippen molar-refractivity contribution in [3.8, 4) is 0 Å². The molecule has 0 bridgehead atoms. The second-order valence-electron chi connectivity index (χ2n) is 12.4. The number of anilines is 2. The first-order valence-electron chi connectivity index (χ1n) is 14.1. The third-order valence-electron chi connectivity index (χ3n) is 7.86. The van der Waals surface area contributed by atoms with Crippen LogP contribution >= 0.6 is 0 Å². The topological polar surface area (TPSA) is 164 Å². The Morgan fingerprint density at radius 1 is 1.05 bits per heavy atom. The number of fused-ring (bicyclic) bond motifs is 2. The molecule has 1 aliphatic heterocycles. The standard InChI is InChI=1S/C31H35N5O6S2/c1-19-20(9-8-16-32-19)18-33-31(15-14-30(2,3)4)23-11-7-6-10-22(23)27(37)26(28(31)38)29-34-24-13-12-21(35-43(5,39)40)17-25(24)44(41,42)36-29/h6-13,16-17,26,33,35H,14-15,18H2,1-5H3,(H,34,36). The van der Waals surface area contributed by atoms with Crippen LogP contribution in [-0.2, 0) is 36.9 Å². The van der Waals surface area contributed by atoms with E-state index in [-0.39, 0.29) is 34.1 Å². The first-order valence-corrected chi connectivity index (χ1v) is 17.4. The fraction of sp³-hybridized carbons (Fsp3) is 0.355. The zero-order valence-electron chi connectivity index (χ0n) is 25.1. The lowest BCUT2D eigenvalue weighted by atomic mass is 9.66. The smallest absolute Gasteiger partial charge is 0.286 e. The summed E-state index contributed by atoms with van der Waals surface area (Å²) in [5.74, 6) is -2.90. The lowest BCUT2D eigenvalue weighted by molar-refractivity contribution is -0.128. The number of ketones is 2. The summed E-state index contributed by atoms with van der Waals surface area (Å²) >= 11 is 0. The number of nitrogens with zero attached hydrogens (tertiary/aromatic N) is 2. The number of carbonyl (C=O) groups excluding carboxylic acids is 2. The quantitative estimate of drug-likeness (QED) is 0.308. The van der Waals surface area contributed by atoms with Crippen molar-refractivity contribution in [1.82, 2.24) is 10.3 Å². The number of rotatable bonds is 8. The molecule has 5 rings (SSSR count). The molecule has 0 radical (unpaired) electrons. The van der Waals surface area contributed by atoms with Crippen LogP contribution in [0.5, 0.6) is 0 Å². The molecular weight excluding hydrogens is 603 g/mol. The minimum Gasteiger partial charge on any atom is -0.341 e. The normalized spacial score (nSPS) is 21.1. The van der Waals surface area contributed by atoms with Crippen molar-refractivity contribution in [1.29, 1.82) is 0 Å². The Kier molecular flexibility index (Phi) is 8.02. The molecule has 2 aromatic carbocycles. The van der Waals surface area contributed by atoms with Crippen LogP contribution in [0.15, 0.2) is 70.1 Å². The molecule has 2 atom stereocenters. The molecule has 2 aliphatic rings. The Bertz CT molecular complexity index is 1920. The van der Waals surface area contributed by atoms with E-state index in [1.54, 1.807) is 30.5 Å². The van der Waals surface area contributed by atoms with Crippen LogP contribution in [0.4, 0.5) is 11.4 Å². The second-order valence-corrected chi connectivity index (χ2v) is 15.8. The summed E-state index contributed by atoms with van der Waals surface area (Å²) in [5.41, 5.74) is 1.12. The average Bonchev–Trinajstić information content (AvgIpc) is 2.92. The third kappa shape index (κ3) is 6.17. The highest BCUT2D eigenvalue weighted by Gasteiger charge is 2.54. The summed E-state index contributed by atoms with van der Waals surface area (Å²) in [7, 11) is -8.09. The van der Waals surface area contributed by atoms with Gasteiger partial charge in [-0.3, -0.25) is 24.6 Å². The summed E-state index contributed by atoms with van der Waals surface area (Å²) in [6.45, 7) is 8.36. The molecule has 0 fully saturated rings.